The molecule has 0 saturated heterocycles. The number of anilines is 1. The molecule has 86 valence electrons. The summed E-state index contributed by atoms with van der Waals surface area (Å²) in [5.74, 6) is 2.47. The van der Waals surface area contributed by atoms with Crippen LogP contribution in [-0.2, 0) is 0 Å². The van der Waals surface area contributed by atoms with Crippen molar-refractivity contribution in [2.45, 2.75) is 19.3 Å². The van der Waals surface area contributed by atoms with E-state index >= 15 is 0 Å². The number of allylic oxidation sites excluding steroid dienone is 1. The number of fused-ring (bicyclic) bond motifs is 1. The molecule has 2 rings (SSSR count). The fourth-order valence-electron chi connectivity index (χ4n) is 1.98. The number of hydrogen-bond acceptors (Lipinski definition) is 3. The molecule has 1 aliphatic heterocycles. The molecular formula is C13H18N2O. The first-order valence-electron chi connectivity index (χ1n) is 5.57. The van der Waals surface area contributed by atoms with E-state index in [-0.39, 0.29) is 0 Å². The van der Waals surface area contributed by atoms with E-state index in [1.807, 2.05) is 19.2 Å². The molecule has 0 spiro atoms. The van der Waals surface area contributed by atoms with Gasteiger partial charge in [-0.05, 0) is 30.0 Å². The van der Waals surface area contributed by atoms with Crippen LogP contribution in [-0.4, -0.2) is 14.2 Å². The number of ether oxygens (including phenoxy) is 1. The molecule has 0 amide bonds. The zero-order chi connectivity index (χ0) is 11.5. The van der Waals surface area contributed by atoms with Crippen LogP contribution in [0.25, 0.3) is 0 Å². The molecule has 1 atom stereocenters. The summed E-state index contributed by atoms with van der Waals surface area (Å²) in [6, 6.07) is 6.20. The molecule has 2 N–H and O–H groups in total. The first kappa shape index (κ1) is 10.9. The van der Waals surface area contributed by atoms with E-state index < -0.39 is 0 Å². The van der Waals surface area contributed by atoms with Crippen LogP contribution in [0.4, 0.5) is 5.69 Å². The third-order valence-electron chi connectivity index (χ3n) is 3.01. The quantitative estimate of drug-likeness (QED) is 0.800. The Morgan fingerprint density at radius 1 is 1.44 bits per heavy atom. The molecular weight excluding hydrogens is 200 g/mol. The second-order valence-electron chi connectivity index (χ2n) is 4.08. The Morgan fingerprint density at radius 2 is 2.25 bits per heavy atom. The van der Waals surface area contributed by atoms with Crippen LogP contribution >= 0.6 is 0 Å². The monoisotopic (exact) mass is 218 g/mol. The van der Waals surface area contributed by atoms with Crippen molar-refractivity contribution in [2.24, 2.45) is 0 Å². The van der Waals surface area contributed by atoms with Crippen LogP contribution in [0.2, 0.25) is 0 Å². The molecule has 0 aromatic heterocycles. The van der Waals surface area contributed by atoms with E-state index in [4.69, 9.17) is 4.74 Å². The van der Waals surface area contributed by atoms with E-state index in [2.05, 4.69) is 29.7 Å². The van der Waals surface area contributed by atoms with Crippen LogP contribution < -0.4 is 15.4 Å². The predicted molar refractivity (Wildman–Crippen MR) is 66.8 cm³/mol. The van der Waals surface area contributed by atoms with Crippen molar-refractivity contribution in [3.8, 4) is 5.75 Å². The van der Waals surface area contributed by atoms with E-state index in [0.717, 1.165) is 23.7 Å². The Kier molecular flexibility index (Phi) is 3.04. The molecule has 1 aromatic rings. The lowest BCUT2D eigenvalue weighted by Crippen LogP contribution is -2.14. The minimum absolute atomic E-state index is 0.527. The van der Waals surface area contributed by atoms with Gasteiger partial charge in [-0.3, -0.25) is 0 Å². The van der Waals surface area contributed by atoms with Gasteiger partial charge in [0.05, 0.1) is 12.9 Å². The summed E-state index contributed by atoms with van der Waals surface area (Å²) < 4.78 is 5.25. The number of hydrogen-bond donors (Lipinski definition) is 2. The molecule has 0 bridgehead atoms. The van der Waals surface area contributed by atoms with Gasteiger partial charge in [0.2, 0.25) is 0 Å². The highest BCUT2D eigenvalue weighted by molar-refractivity contribution is 5.60. The van der Waals surface area contributed by atoms with E-state index in [1.165, 1.54) is 5.56 Å². The molecule has 1 aliphatic rings. The summed E-state index contributed by atoms with van der Waals surface area (Å²) in [6.07, 6.45) is 3.24. The second kappa shape index (κ2) is 4.47. The summed E-state index contributed by atoms with van der Waals surface area (Å²) in [5, 5.41) is 6.54. The third kappa shape index (κ3) is 1.98. The average molecular weight is 218 g/mol. The summed E-state index contributed by atoms with van der Waals surface area (Å²) in [7, 11) is 3.62. The van der Waals surface area contributed by atoms with Crippen molar-refractivity contribution in [1.82, 2.24) is 5.32 Å². The molecule has 1 heterocycles. The minimum atomic E-state index is 0.527. The average Bonchev–Trinajstić information content (AvgIpc) is 2.48. The van der Waals surface area contributed by atoms with Crippen molar-refractivity contribution < 1.29 is 4.74 Å². The normalized spacial score (nSPS) is 18.9. The smallest absolute Gasteiger partial charge is 0.120 e. The minimum Gasteiger partial charge on any atom is -0.497 e. The van der Waals surface area contributed by atoms with Crippen molar-refractivity contribution in [1.29, 1.82) is 0 Å². The van der Waals surface area contributed by atoms with Crippen molar-refractivity contribution in [2.75, 3.05) is 19.5 Å². The maximum Gasteiger partial charge on any atom is 0.120 e. The van der Waals surface area contributed by atoms with Gasteiger partial charge < -0.3 is 15.4 Å². The van der Waals surface area contributed by atoms with Gasteiger partial charge in [0.1, 0.15) is 5.75 Å². The summed E-state index contributed by atoms with van der Waals surface area (Å²) >= 11 is 0. The standard InChI is InChI=1S/C13H18N2O/c1-9-4-7-13(14-2)15-12-8-10(16-3)5-6-11(9)12/h5-9,14-15H,4H2,1-3H3. The van der Waals surface area contributed by atoms with Gasteiger partial charge in [-0.25, -0.2) is 0 Å². The van der Waals surface area contributed by atoms with Crippen LogP contribution in [0.5, 0.6) is 5.75 Å². The Bertz CT molecular complexity index is 412. The van der Waals surface area contributed by atoms with Gasteiger partial charge in [0.15, 0.2) is 0 Å². The maximum atomic E-state index is 5.25. The molecule has 3 heteroatoms. The highest BCUT2D eigenvalue weighted by Crippen LogP contribution is 2.33. The molecule has 1 unspecified atom stereocenters. The molecule has 0 aliphatic carbocycles. The van der Waals surface area contributed by atoms with Gasteiger partial charge in [-0.2, -0.15) is 0 Å². The molecule has 0 fully saturated rings. The maximum absolute atomic E-state index is 5.25. The van der Waals surface area contributed by atoms with Crippen LogP contribution in [0, 0.1) is 0 Å². The number of nitrogens with one attached hydrogen (secondary N) is 2. The lowest BCUT2D eigenvalue weighted by Gasteiger charge is -2.15. The first-order chi connectivity index (χ1) is 7.74. The second-order valence-corrected chi connectivity index (χ2v) is 4.08. The predicted octanol–water partition coefficient (Wildman–Crippen LogP) is 2.68. The van der Waals surface area contributed by atoms with Crippen LogP contribution in [0.15, 0.2) is 30.1 Å². The third-order valence-corrected chi connectivity index (χ3v) is 3.01. The number of benzene rings is 1. The van der Waals surface area contributed by atoms with Crippen molar-refractivity contribution >= 4 is 5.69 Å². The molecule has 1 aromatic carbocycles. The first-order valence-corrected chi connectivity index (χ1v) is 5.57. The van der Waals surface area contributed by atoms with Crippen LogP contribution in [0.1, 0.15) is 24.8 Å². The Balaban J connectivity index is 2.40. The summed E-state index contributed by atoms with van der Waals surface area (Å²) in [5.41, 5.74) is 2.47. The Morgan fingerprint density at radius 3 is 2.94 bits per heavy atom. The SMILES string of the molecule is CNC1=CCC(C)c2ccc(OC)cc2N1. The fraction of sp³-hybridized carbons (Fsp3) is 0.385. The fourth-order valence-corrected chi connectivity index (χ4v) is 1.98. The van der Waals surface area contributed by atoms with Gasteiger partial charge >= 0.3 is 0 Å². The Hall–Kier alpha value is -1.64. The van der Waals surface area contributed by atoms with Gasteiger partial charge in [0.25, 0.3) is 0 Å². The zero-order valence-corrected chi connectivity index (χ0v) is 10.0. The topological polar surface area (TPSA) is 33.3 Å². The van der Waals surface area contributed by atoms with Crippen molar-refractivity contribution in [3.63, 3.8) is 0 Å². The van der Waals surface area contributed by atoms with Gasteiger partial charge in [0, 0.05) is 18.8 Å². The van der Waals surface area contributed by atoms with Gasteiger partial charge in [-0.15, -0.1) is 0 Å². The van der Waals surface area contributed by atoms with Gasteiger partial charge in [-0.1, -0.05) is 13.0 Å². The van der Waals surface area contributed by atoms with E-state index in [9.17, 15) is 0 Å². The molecule has 0 saturated carbocycles. The number of rotatable bonds is 2. The molecule has 3 nitrogen and oxygen atoms in total. The molecule has 0 radical (unpaired) electrons. The highest BCUT2D eigenvalue weighted by Gasteiger charge is 2.15. The highest BCUT2D eigenvalue weighted by atomic mass is 16.5. The molecule has 16 heavy (non-hydrogen) atoms. The summed E-state index contributed by atoms with van der Waals surface area (Å²) in [6.45, 7) is 2.24. The van der Waals surface area contributed by atoms with Crippen LogP contribution in [0.3, 0.4) is 0 Å². The van der Waals surface area contributed by atoms with E-state index in [0.29, 0.717) is 5.92 Å². The largest absolute Gasteiger partial charge is 0.497 e. The lowest BCUT2D eigenvalue weighted by molar-refractivity contribution is 0.415. The van der Waals surface area contributed by atoms with E-state index in [1.54, 1.807) is 7.11 Å². The summed E-state index contributed by atoms with van der Waals surface area (Å²) in [4.78, 5) is 0. The number of methoxy groups -OCH3 is 1. The lowest BCUT2D eigenvalue weighted by atomic mass is 9.97. The Labute approximate surface area is 96.5 Å². The van der Waals surface area contributed by atoms with Crippen molar-refractivity contribution in [3.05, 3.63) is 35.7 Å². The zero-order valence-electron chi connectivity index (χ0n) is 10.0.